The Bertz CT molecular complexity index is 558. The van der Waals surface area contributed by atoms with Crippen molar-refractivity contribution in [1.29, 1.82) is 0 Å². The molecule has 112 valence electrons. The zero-order chi connectivity index (χ0) is 14.8. The van der Waals surface area contributed by atoms with Crippen LogP contribution in [0.2, 0.25) is 5.02 Å². The van der Waals surface area contributed by atoms with E-state index in [2.05, 4.69) is 10.6 Å². The Morgan fingerprint density at radius 2 is 2.24 bits per heavy atom. The number of anilines is 1. The Kier molecular flexibility index (Phi) is 4.12. The third-order valence-electron chi connectivity index (χ3n) is 4.02. The molecule has 21 heavy (non-hydrogen) atoms. The number of halogens is 1. The fourth-order valence-electron chi connectivity index (χ4n) is 2.89. The van der Waals surface area contributed by atoms with Gasteiger partial charge in [-0.05, 0) is 44.0 Å². The summed E-state index contributed by atoms with van der Waals surface area (Å²) in [5, 5.41) is 6.60. The topological polar surface area (TPSA) is 61.4 Å². The van der Waals surface area contributed by atoms with Gasteiger partial charge in [0.25, 0.3) is 0 Å². The summed E-state index contributed by atoms with van der Waals surface area (Å²) in [6.45, 7) is 1.47. The molecule has 2 fully saturated rings. The molecular formula is C15H18ClN3O2. The van der Waals surface area contributed by atoms with Gasteiger partial charge in [0.05, 0.1) is 6.04 Å². The zero-order valence-electron chi connectivity index (χ0n) is 11.6. The van der Waals surface area contributed by atoms with E-state index in [0.717, 1.165) is 25.1 Å². The third kappa shape index (κ3) is 3.04. The smallest absolute Gasteiger partial charge is 0.249 e. The van der Waals surface area contributed by atoms with Gasteiger partial charge in [0.15, 0.2) is 0 Å². The first-order valence-corrected chi connectivity index (χ1v) is 7.63. The second-order valence-corrected chi connectivity index (χ2v) is 5.90. The van der Waals surface area contributed by atoms with E-state index in [4.69, 9.17) is 11.6 Å². The van der Waals surface area contributed by atoms with Crippen molar-refractivity contribution in [2.24, 2.45) is 0 Å². The predicted molar refractivity (Wildman–Crippen MR) is 81.4 cm³/mol. The molecule has 1 aromatic carbocycles. The van der Waals surface area contributed by atoms with Crippen molar-refractivity contribution in [2.75, 3.05) is 18.0 Å². The lowest BCUT2D eigenvalue weighted by Crippen LogP contribution is -2.48. The van der Waals surface area contributed by atoms with Crippen molar-refractivity contribution >= 4 is 29.1 Å². The molecule has 0 spiro atoms. The van der Waals surface area contributed by atoms with Crippen molar-refractivity contribution in [3.8, 4) is 0 Å². The molecule has 3 rings (SSSR count). The van der Waals surface area contributed by atoms with Crippen molar-refractivity contribution in [2.45, 2.75) is 31.3 Å². The van der Waals surface area contributed by atoms with Gasteiger partial charge in [0, 0.05) is 17.3 Å². The van der Waals surface area contributed by atoms with E-state index in [0.29, 0.717) is 18.0 Å². The maximum Gasteiger partial charge on any atom is 0.249 e. The molecule has 2 saturated heterocycles. The molecule has 2 atom stereocenters. The van der Waals surface area contributed by atoms with Gasteiger partial charge in [-0.3, -0.25) is 9.59 Å². The van der Waals surface area contributed by atoms with Crippen LogP contribution in [0.3, 0.4) is 0 Å². The number of nitrogens with one attached hydrogen (secondary N) is 2. The van der Waals surface area contributed by atoms with Crippen LogP contribution in [0.4, 0.5) is 5.69 Å². The van der Waals surface area contributed by atoms with Gasteiger partial charge >= 0.3 is 0 Å². The lowest BCUT2D eigenvalue weighted by Gasteiger charge is -2.18. The molecule has 0 radical (unpaired) electrons. The summed E-state index contributed by atoms with van der Waals surface area (Å²) in [5.74, 6) is -0.137. The number of amides is 2. The van der Waals surface area contributed by atoms with E-state index in [9.17, 15) is 9.59 Å². The summed E-state index contributed by atoms with van der Waals surface area (Å²) in [5.41, 5.74) is 0.781. The molecule has 2 N–H and O–H groups in total. The number of rotatable bonds is 3. The van der Waals surface area contributed by atoms with Crippen LogP contribution in [0.5, 0.6) is 0 Å². The van der Waals surface area contributed by atoms with Gasteiger partial charge in [-0.2, -0.15) is 0 Å². The van der Waals surface area contributed by atoms with Crippen LogP contribution in [-0.4, -0.2) is 37.0 Å². The summed E-state index contributed by atoms with van der Waals surface area (Å²) >= 11 is 5.96. The minimum atomic E-state index is -0.432. The molecule has 2 unspecified atom stereocenters. The van der Waals surface area contributed by atoms with E-state index in [1.165, 1.54) is 0 Å². The second kappa shape index (κ2) is 6.03. The lowest BCUT2D eigenvalue weighted by molar-refractivity contribution is -0.127. The Morgan fingerprint density at radius 1 is 1.38 bits per heavy atom. The standard InChI is InChI=1S/C15H18ClN3O2/c16-10-3-1-4-11(9-10)19-8-6-13(15(19)21)18-14(20)12-5-2-7-17-12/h1,3-4,9,12-13,17H,2,5-8H2,(H,18,20). The fraction of sp³-hybridized carbons (Fsp3) is 0.467. The summed E-state index contributed by atoms with van der Waals surface area (Å²) in [4.78, 5) is 26.2. The lowest BCUT2D eigenvalue weighted by atomic mass is 10.2. The van der Waals surface area contributed by atoms with Crippen molar-refractivity contribution in [3.05, 3.63) is 29.3 Å². The Morgan fingerprint density at radius 3 is 2.95 bits per heavy atom. The minimum Gasteiger partial charge on any atom is -0.343 e. The van der Waals surface area contributed by atoms with Gasteiger partial charge < -0.3 is 15.5 Å². The molecule has 6 heteroatoms. The number of benzene rings is 1. The molecule has 2 amide bonds. The van der Waals surface area contributed by atoms with Crippen molar-refractivity contribution in [3.63, 3.8) is 0 Å². The molecule has 0 aromatic heterocycles. The van der Waals surface area contributed by atoms with Crippen LogP contribution in [0.25, 0.3) is 0 Å². The Hall–Kier alpha value is -1.59. The number of carbonyl (C=O) groups is 2. The average molecular weight is 308 g/mol. The van der Waals surface area contributed by atoms with E-state index in [-0.39, 0.29) is 17.9 Å². The first-order valence-electron chi connectivity index (χ1n) is 7.26. The first kappa shape index (κ1) is 14.4. The Balaban J connectivity index is 1.64. The van der Waals surface area contributed by atoms with Gasteiger partial charge in [0.2, 0.25) is 11.8 Å². The molecule has 2 heterocycles. The number of carbonyl (C=O) groups excluding carboxylic acids is 2. The highest BCUT2D eigenvalue weighted by Gasteiger charge is 2.35. The molecule has 0 saturated carbocycles. The highest BCUT2D eigenvalue weighted by Crippen LogP contribution is 2.24. The summed E-state index contributed by atoms with van der Waals surface area (Å²) in [6.07, 6.45) is 2.47. The zero-order valence-corrected chi connectivity index (χ0v) is 12.4. The molecule has 0 aliphatic carbocycles. The highest BCUT2D eigenvalue weighted by atomic mass is 35.5. The summed E-state index contributed by atoms with van der Waals surface area (Å²) in [6, 6.07) is 6.63. The van der Waals surface area contributed by atoms with Crippen LogP contribution >= 0.6 is 11.6 Å². The summed E-state index contributed by atoms with van der Waals surface area (Å²) in [7, 11) is 0. The molecule has 2 aliphatic rings. The average Bonchev–Trinajstić information content (AvgIpc) is 3.10. The van der Waals surface area contributed by atoms with Crippen LogP contribution in [-0.2, 0) is 9.59 Å². The maximum absolute atomic E-state index is 12.4. The minimum absolute atomic E-state index is 0.0661. The van der Waals surface area contributed by atoms with Crippen LogP contribution in [0.15, 0.2) is 24.3 Å². The van der Waals surface area contributed by atoms with Crippen LogP contribution in [0.1, 0.15) is 19.3 Å². The van der Waals surface area contributed by atoms with E-state index < -0.39 is 6.04 Å². The predicted octanol–water partition coefficient (Wildman–Crippen LogP) is 1.31. The molecule has 5 nitrogen and oxygen atoms in total. The fourth-order valence-corrected chi connectivity index (χ4v) is 3.08. The van der Waals surface area contributed by atoms with Gasteiger partial charge in [-0.25, -0.2) is 0 Å². The van der Waals surface area contributed by atoms with Gasteiger partial charge in [0.1, 0.15) is 6.04 Å². The highest BCUT2D eigenvalue weighted by molar-refractivity contribution is 6.31. The first-order chi connectivity index (χ1) is 10.1. The molecule has 1 aromatic rings. The molecule has 2 aliphatic heterocycles. The van der Waals surface area contributed by atoms with E-state index >= 15 is 0 Å². The van der Waals surface area contributed by atoms with Gasteiger partial charge in [-0.15, -0.1) is 0 Å². The Labute approximate surface area is 128 Å². The third-order valence-corrected chi connectivity index (χ3v) is 4.25. The monoisotopic (exact) mass is 307 g/mol. The SMILES string of the molecule is O=C(NC1CCN(c2cccc(Cl)c2)C1=O)C1CCCN1. The number of nitrogens with zero attached hydrogens (tertiary/aromatic N) is 1. The van der Waals surface area contributed by atoms with Crippen molar-refractivity contribution < 1.29 is 9.59 Å². The quantitative estimate of drug-likeness (QED) is 0.885. The van der Waals surface area contributed by atoms with E-state index in [1.807, 2.05) is 12.1 Å². The molecular weight excluding hydrogens is 290 g/mol. The second-order valence-electron chi connectivity index (χ2n) is 5.47. The van der Waals surface area contributed by atoms with Crippen molar-refractivity contribution in [1.82, 2.24) is 10.6 Å². The number of hydrogen-bond acceptors (Lipinski definition) is 3. The summed E-state index contributed by atoms with van der Waals surface area (Å²) < 4.78 is 0. The maximum atomic E-state index is 12.4. The van der Waals surface area contributed by atoms with Gasteiger partial charge in [-0.1, -0.05) is 17.7 Å². The molecule has 0 bridgehead atoms. The largest absolute Gasteiger partial charge is 0.343 e. The number of hydrogen-bond donors (Lipinski definition) is 2. The van der Waals surface area contributed by atoms with Crippen LogP contribution in [0, 0.1) is 0 Å². The van der Waals surface area contributed by atoms with E-state index in [1.54, 1.807) is 17.0 Å². The normalized spacial score (nSPS) is 25.4. The van der Waals surface area contributed by atoms with Crippen LogP contribution < -0.4 is 15.5 Å².